The van der Waals surface area contributed by atoms with Crippen molar-refractivity contribution in [3.8, 4) is 6.07 Å². The molecule has 68 valence electrons. The Labute approximate surface area is 75.0 Å². The van der Waals surface area contributed by atoms with E-state index in [1.807, 2.05) is 0 Å². The molecule has 1 heterocycles. The van der Waals surface area contributed by atoms with E-state index in [4.69, 9.17) is 5.26 Å². The molecule has 0 amide bonds. The second-order valence-corrected chi connectivity index (χ2v) is 3.80. The highest BCUT2D eigenvalue weighted by Crippen LogP contribution is 2.29. The predicted molar refractivity (Wildman–Crippen MR) is 49.7 cm³/mol. The van der Waals surface area contributed by atoms with E-state index in [0.717, 1.165) is 25.8 Å². The van der Waals surface area contributed by atoms with Crippen molar-refractivity contribution in [1.29, 1.82) is 5.26 Å². The van der Waals surface area contributed by atoms with Crippen LogP contribution in [0.5, 0.6) is 0 Å². The average Bonchev–Trinajstić information content (AvgIpc) is 2.54. The summed E-state index contributed by atoms with van der Waals surface area (Å²) in [5, 5.41) is 12.4. The molecule has 1 rings (SSSR count). The summed E-state index contributed by atoms with van der Waals surface area (Å²) in [6.45, 7) is 5.38. The molecule has 1 aliphatic rings. The van der Waals surface area contributed by atoms with Gasteiger partial charge in [-0.25, -0.2) is 0 Å². The van der Waals surface area contributed by atoms with Crippen LogP contribution in [-0.2, 0) is 0 Å². The number of hydrogen-bond acceptors (Lipinski definition) is 2. The average molecular weight is 166 g/mol. The van der Waals surface area contributed by atoms with Gasteiger partial charge in [-0.2, -0.15) is 5.26 Å². The van der Waals surface area contributed by atoms with Gasteiger partial charge in [-0.05, 0) is 31.7 Å². The number of hydrogen-bond donors (Lipinski definition) is 1. The molecular weight excluding hydrogens is 148 g/mol. The smallest absolute Gasteiger partial charge is 0.109 e. The van der Waals surface area contributed by atoms with E-state index in [2.05, 4.69) is 25.2 Å². The van der Waals surface area contributed by atoms with Crippen molar-refractivity contribution in [2.75, 3.05) is 6.54 Å². The monoisotopic (exact) mass is 166 g/mol. The molecule has 2 atom stereocenters. The summed E-state index contributed by atoms with van der Waals surface area (Å²) in [6, 6.07) is 2.45. The Morgan fingerprint density at radius 2 is 2.42 bits per heavy atom. The number of rotatable bonds is 3. The minimum absolute atomic E-state index is 0.198. The van der Waals surface area contributed by atoms with Crippen LogP contribution in [0.1, 0.15) is 39.5 Å². The van der Waals surface area contributed by atoms with Crippen molar-refractivity contribution in [3.05, 3.63) is 0 Å². The zero-order valence-corrected chi connectivity index (χ0v) is 8.06. The van der Waals surface area contributed by atoms with Crippen molar-refractivity contribution in [3.63, 3.8) is 0 Å². The molecule has 1 saturated heterocycles. The van der Waals surface area contributed by atoms with Crippen molar-refractivity contribution < 1.29 is 0 Å². The van der Waals surface area contributed by atoms with Gasteiger partial charge < -0.3 is 0 Å². The molecule has 2 nitrogen and oxygen atoms in total. The third-order valence-electron chi connectivity index (χ3n) is 2.95. The van der Waals surface area contributed by atoms with Crippen LogP contribution in [0.25, 0.3) is 0 Å². The zero-order valence-electron chi connectivity index (χ0n) is 8.06. The normalized spacial score (nSPS) is 31.4. The molecule has 0 radical (unpaired) electrons. The molecule has 0 bridgehead atoms. The van der Waals surface area contributed by atoms with Gasteiger partial charge in [0.1, 0.15) is 5.54 Å². The summed E-state index contributed by atoms with van der Waals surface area (Å²) >= 11 is 0. The first-order valence-electron chi connectivity index (χ1n) is 4.91. The van der Waals surface area contributed by atoms with Crippen LogP contribution in [0.3, 0.4) is 0 Å². The van der Waals surface area contributed by atoms with Crippen molar-refractivity contribution >= 4 is 0 Å². The topological polar surface area (TPSA) is 35.8 Å². The lowest BCUT2D eigenvalue weighted by molar-refractivity contribution is 0.311. The van der Waals surface area contributed by atoms with Crippen LogP contribution in [0.2, 0.25) is 0 Å². The first-order valence-corrected chi connectivity index (χ1v) is 4.91. The van der Waals surface area contributed by atoms with Gasteiger partial charge in [0.25, 0.3) is 0 Å². The van der Waals surface area contributed by atoms with E-state index in [-0.39, 0.29) is 5.54 Å². The Kier molecular flexibility index (Phi) is 3.11. The molecule has 0 spiro atoms. The molecule has 0 aromatic heterocycles. The summed E-state index contributed by atoms with van der Waals surface area (Å²) in [5.74, 6) is 0.495. The molecule has 2 heteroatoms. The third kappa shape index (κ3) is 1.61. The number of nitriles is 1. The summed E-state index contributed by atoms with van der Waals surface area (Å²) in [4.78, 5) is 0. The number of nitrogens with zero attached hydrogens (tertiary/aromatic N) is 1. The van der Waals surface area contributed by atoms with Crippen molar-refractivity contribution in [1.82, 2.24) is 5.32 Å². The zero-order chi connectivity index (χ0) is 9.03. The van der Waals surface area contributed by atoms with Crippen molar-refractivity contribution in [2.45, 2.75) is 45.1 Å². The predicted octanol–water partition coefficient (Wildman–Crippen LogP) is 2.07. The maximum Gasteiger partial charge on any atom is 0.109 e. The SMILES string of the molecule is CCCC(C)C1(C#N)CCCN1. The largest absolute Gasteiger partial charge is 0.299 e. The van der Waals surface area contributed by atoms with E-state index in [1.54, 1.807) is 0 Å². The van der Waals surface area contributed by atoms with Crippen LogP contribution in [-0.4, -0.2) is 12.1 Å². The molecule has 1 aliphatic heterocycles. The molecular formula is C10H18N2. The Balaban J connectivity index is 2.60. The van der Waals surface area contributed by atoms with Crippen LogP contribution >= 0.6 is 0 Å². The Morgan fingerprint density at radius 1 is 1.67 bits per heavy atom. The molecule has 2 unspecified atom stereocenters. The second kappa shape index (κ2) is 3.91. The van der Waals surface area contributed by atoms with Crippen LogP contribution in [0.15, 0.2) is 0 Å². The molecule has 0 aromatic rings. The van der Waals surface area contributed by atoms with Gasteiger partial charge in [0.2, 0.25) is 0 Å². The minimum atomic E-state index is -0.198. The number of nitrogens with one attached hydrogen (secondary N) is 1. The quantitative estimate of drug-likeness (QED) is 0.696. The fourth-order valence-corrected chi connectivity index (χ4v) is 2.07. The second-order valence-electron chi connectivity index (χ2n) is 3.80. The lowest BCUT2D eigenvalue weighted by Gasteiger charge is -2.28. The fraction of sp³-hybridized carbons (Fsp3) is 0.900. The maximum absolute atomic E-state index is 9.10. The van der Waals surface area contributed by atoms with Crippen LogP contribution in [0, 0.1) is 17.2 Å². The highest BCUT2D eigenvalue weighted by atomic mass is 15.0. The van der Waals surface area contributed by atoms with Gasteiger partial charge in [0, 0.05) is 0 Å². The molecule has 0 aromatic carbocycles. The lowest BCUT2D eigenvalue weighted by atomic mass is 9.82. The first-order chi connectivity index (χ1) is 5.75. The Morgan fingerprint density at radius 3 is 2.83 bits per heavy atom. The van der Waals surface area contributed by atoms with Gasteiger partial charge in [-0.1, -0.05) is 20.3 Å². The van der Waals surface area contributed by atoms with Gasteiger partial charge in [-0.15, -0.1) is 0 Å². The van der Waals surface area contributed by atoms with Gasteiger partial charge in [0.15, 0.2) is 0 Å². The first kappa shape index (κ1) is 9.54. The molecule has 0 saturated carbocycles. The summed E-state index contributed by atoms with van der Waals surface area (Å²) < 4.78 is 0. The van der Waals surface area contributed by atoms with E-state index < -0.39 is 0 Å². The van der Waals surface area contributed by atoms with E-state index >= 15 is 0 Å². The minimum Gasteiger partial charge on any atom is -0.299 e. The van der Waals surface area contributed by atoms with Crippen LogP contribution in [0.4, 0.5) is 0 Å². The van der Waals surface area contributed by atoms with Gasteiger partial charge in [0.05, 0.1) is 6.07 Å². The summed E-state index contributed by atoms with van der Waals surface area (Å²) in [6.07, 6.45) is 4.51. The van der Waals surface area contributed by atoms with Crippen LogP contribution < -0.4 is 5.32 Å². The lowest BCUT2D eigenvalue weighted by Crippen LogP contribution is -2.44. The van der Waals surface area contributed by atoms with Crippen molar-refractivity contribution in [2.24, 2.45) is 5.92 Å². The highest BCUT2D eigenvalue weighted by molar-refractivity contribution is 5.12. The summed E-state index contributed by atoms with van der Waals surface area (Å²) in [7, 11) is 0. The van der Waals surface area contributed by atoms with E-state index in [0.29, 0.717) is 5.92 Å². The molecule has 1 N–H and O–H groups in total. The van der Waals surface area contributed by atoms with E-state index in [1.165, 1.54) is 6.42 Å². The summed E-state index contributed by atoms with van der Waals surface area (Å²) in [5.41, 5.74) is -0.198. The standard InChI is InChI=1S/C10H18N2/c1-3-5-9(2)10(8-11)6-4-7-12-10/h9,12H,3-7H2,1-2H3. The molecule has 0 aliphatic carbocycles. The molecule has 1 fully saturated rings. The van der Waals surface area contributed by atoms with Gasteiger partial charge >= 0.3 is 0 Å². The molecule has 12 heavy (non-hydrogen) atoms. The van der Waals surface area contributed by atoms with E-state index in [9.17, 15) is 0 Å². The highest BCUT2D eigenvalue weighted by Gasteiger charge is 2.38. The third-order valence-corrected chi connectivity index (χ3v) is 2.95. The Hall–Kier alpha value is -0.550. The van der Waals surface area contributed by atoms with Gasteiger partial charge in [-0.3, -0.25) is 5.32 Å². The fourth-order valence-electron chi connectivity index (χ4n) is 2.07. The Bertz CT molecular complexity index is 175. The maximum atomic E-state index is 9.10.